The van der Waals surface area contributed by atoms with Crippen molar-refractivity contribution in [3.05, 3.63) is 101 Å². The molecule has 0 unspecified atom stereocenters. The molecule has 3 aromatic carbocycles. The van der Waals surface area contributed by atoms with Gasteiger partial charge >= 0.3 is 6.03 Å². The normalized spacial score (nSPS) is 13.2. The van der Waals surface area contributed by atoms with Crippen molar-refractivity contribution in [1.29, 1.82) is 0 Å². The second-order valence-corrected chi connectivity index (χ2v) is 7.75. The molecule has 0 fully saturated rings. The molecule has 0 aliphatic carbocycles. The van der Waals surface area contributed by atoms with E-state index in [4.69, 9.17) is 5.73 Å². The highest BCUT2D eigenvalue weighted by Crippen LogP contribution is 2.23. The molecule has 7 heteroatoms. The molecule has 0 spiro atoms. The SMILES string of the molecule is N[C@@H](Cc1ccccc1)C(=O)NC(=O)c1ccc(NC(=O)N2Cc3ccccc3C2)cc1. The Labute approximate surface area is 186 Å². The second-order valence-electron chi connectivity index (χ2n) is 7.75. The molecule has 4 amide bonds. The van der Waals surface area contributed by atoms with Gasteiger partial charge in [0, 0.05) is 24.3 Å². The summed E-state index contributed by atoms with van der Waals surface area (Å²) < 4.78 is 0. The van der Waals surface area contributed by atoms with Crippen LogP contribution in [-0.2, 0) is 24.3 Å². The van der Waals surface area contributed by atoms with Crippen molar-refractivity contribution in [2.24, 2.45) is 5.73 Å². The molecule has 0 aromatic heterocycles. The lowest BCUT2D eigenvalue weighted by Gasteiger charge is -2.16. The van der Waals surface area contributed by atoms with Crippen molar-refractivity contribution in [2.75, 3.05) is 5.32 Å². The van der Waals surface area contributed by atoms with Crippen molar-refractivity contribution < 1.29 is 14.4 Å². The van der Waals surface area contributed by atoms with Gasteiger partial charge < -0.3 is 16.0 Å². The number of urea groups is 1. The van der Waals surface area contributed by atoms with Crippen LogP contribution in [0.1, 0.15) is 27.0 Å². The first-order valence-corrected chi connectivity index (χ1v) is 10.4. The number of hydrogen-bond acceptors (Lipinski definition) is 4. The van der Waals surface area contributed by atoms with Crippen LogP contribution in [0.4, 0.5) is 10.5 Å². The van der Waals surface area contributed by atoms with Crippen LogP contribution in [0.15, 0.2) is 78.9 Å². The number of nitrogens with zero attached hydrogens (tertiary/aromatic N) is 1. The van der Waals surface area contributed by atoms with E-state index in [0.717, 1.165) is 16.7 Å². The monoisotopic (exact) mass is 428 g/mol. The number of fused-ring (bicyclic) bond motifs is 1. The number of nitrogens with one attached hydrogen (secondary N) is 2. The van der Waals surface area contributed by atoms with Gasteiger partial charge in [-0.25, -0.2) is 4.79 Å². The predicted octanol–water partition coefficient (Wildman–Crippen LogP) is 3.06. The summed E-state index contributed by atoms with van der Waals surface area (Å²) in [6.45, 7) is 1.13. The van der Waals surface area contributed by atoms with Crippen LogP contribution in [-0.4, -0.2) is 28.8 Å². The summed E-state index contributed by atoms with van der Waals surface area (Å²) >= 11 is 0. The standard InChI is InChI=1S/C25H24N4O3/c26-22(14-17-6-2-1-3-7-17)24(31)28-23(30)18-10-12-21(13-11-18)27-25(32)29-15-19-8-4-5-9-20(19)16-29/h1-13,22H,14-16,26H2,(H,27,32)(H,28,30,31)/t22-/m0/s1. The molecule has 162 valence electrons. The molecule has 32 heavy (non-hydrogen) atoms. The summed E-state index contributed by atoms with van der Waals surface area (Å²) in [7, 11) is 0. The molecular formula is C25H24N4O3. The van der Waals surface area contributed by atoms with Crippen LogP contribution in [0.3, 0.4) is 0 Å². The zero-order valence-corrected chi connectivity index (χ0v) is 17.5. The summed E-state index contributed by atoms with van der Waals surface area (Å²) in [5.41, 5.74) is 10.0. The maximum atomic E-state index is 12.5. The number of hydrogen-bond donors (Lipinski definition) is 3. The van der Waals surface area contributed by atoms with Gasteiger partial charge in [-0.2, -0.15) is 0 Å². The Kier molecular flexibility index (Phi) is 6.28. The van der Waals surface area contributed by atoms with Gasteiger partial charge in [0.25, 0.3) is 5.91 Å². The first kappa shape index (κ1) is 21.3. The molecule has 0 bridgehead atoms. The minimum atomic E-state index is -0.829. The Bertz CT molecular complexity index is 1100. The molecule has 4 N–H and O–H groups in total. The first-order chi connectivity index (χ1) is 15.5. The molecule has 0 saturated carbocycles. The van der Waals surface area contributed by atoms with E-state index < -0.39 is 17.9 Å². The molecule has 1 heterocycles. The van der Waals surface area contributed by atoms with Gasteiger partial charge in [-0.05, 0) is 47.4 Å². The van der Waals surface area contributed by atoms with Crippen molar-refractivity contribution >= 4 is 23.5 Å². The molecule has 0 radical (unpaired) electrons. The van der Waals surface area contributed by atoms with Crippen molar-refractivity contribution in [2.45, 2.75) is 25.6 Å². The summed E-state index contributed by atoms with van der Waals surface area (Å²) in [4.78, 5) is 38.9. The Morgan fingerprint density at radius 3 is 2.06 bits per heavy atom. The average molecular weight is 428 g/mol. The number of carbonyl (C=O) groups is 3. The number of rotatable bonds is 5. The molecule has 1 atom stereocenters. The van der Waals surface area contributed by atoms with Gasteiger partial charge in [0.1, 0.15) is 0 Å². The maximum absolute atomic E-state index is 12.5. The van der Waals surface area contributed by atoms with E-state index in [1.54, 1.807) is 29.2 Å². The first-order valence-electron chi connectivity index (χ1n) is 10.4. The van der Waals surface area contributed by atoms with E-state index in [0.29, 0.717) is 30.8 Å². The van der Waals surface area contributed by atoms with Crippen LogP contribution < -0.4 is 16.4 Å². The molecule has 4 rings (SSSR count). The van der Waals surface area contributed by atoms with E-state index >= 15 is 0 Å². The number of imide groups is 1. The van der Waals surface area contributed by atoms with Crippen molar-refractivity contribution in [3.8, 4) is 0 Å². The average Bonchev–Trinajstić information content (AvgIpc) is 3.25. The molecule has 1 aliphatic rings. The van der Waals surface area contributed by atoms with Gasteiger partial charge in [0.2, 0.25) is 5.91 Å². The lowest BCUT2D eigenvalue weighted by atomic mass is 10.1. The topological polar surface area (TPSA) is 105 Å². The Morgan fingerprint density at radius 2 is 1.44 bits per heavy atom. The van der Waals surface area contributed by atoms with E-state index in [1.807, 2.05) is 54.6 Å². The van der Waals surface area contributed by atoms with Crippen LogP contribution in [0.5, 0.6) is 0 Å². The lowest BCUT2D eigenvalue weighted by molar-refractivity contribution is -0.121. The fourth-order valence-corrected chi connectivity index (χ4v) is 3.62. The smallest absolute Gasteiger partial charge is 0.320 e. The highest BCUT2D eigenvalue weighted by Gasteiger charge is 2.23. The molecule has 1 aliphatic heterocycles. The van der Waals surface area contributed by atoms with Crippen molar-refractivity contribution in [1.82, 2.24) is 10.2 Å². The van der Waals surface area contributed by atoms with Crippen LogP contribution >= 0.6 is 0 Å². The van der Waals surface area contributed by atoms with Crippen molar-refractivity contribution in [3.63, 3.8) is 0 Å². The summed E-state index contributed by atoms with van der Waals surface area (Å²) in [6, 6.07) is 22.7. The van der Waals surface area contributed by atoms with Crippen LogP contribution in [0.25, 0.3) is 0 Å². The summed E-state index contributed by atoms with van der Waals surface area (Å²) in [6.07, 6.45) is 0.339. The maximum Gasteiger partial charge on any atom is 0.322 e. The van der Waals surface area contributed by atoms with Gasteiger partial charge in [-0.15, -0.1) is 0 Å². The highest BCUT2D eigenvalue weighted by atomic mass is 16.2. The predicted molar refractivity (Wildman–Crippen MR) is 122 cm³/mol. The van der Waals surface area contributed by atoms with Gasteiger partial charge in [-0.1, -0.05) is 54.6 Å². The molecule has 7 nitrogen and oxygen atoms in total. The third-order valence-electron chi connectivity index (χ3n) is 5.40. The van der Waals surface area contributed by atoms with Crippen LogP contribution in [0, 0.1) is 0 Å². The highest BCUT2D eigenvalue weighted by molar-refractivity contribution is 6.06. The Balaban J connectivity index is 1.30. The molecule has 0 saturated heterocycles. The largest absolute Gasteiger partial charge is 0.322 e. The van der Waals surface area contributed by atoms with Gasteiger partial charge in [0.15, 0.2) is 0 Å². The Morgan fingerprint density at radius 1 is 0.844 bits per heavy atom. The van der Waals surface area contributed by atoms with E-state index in [1.165, 1.54) is 0 Å². The van der Waals surface area contributed by atoms with E-state index in [-0.39, 0.29) is 6.03 Å². The van der Waals surface area contributed by atoms with Gasteiger partial charge in [0.05, 0.1) is 6.04 Å². The van der Waals surface area contributed by atoms with Gasteiger partial charge in [-0.3, -0.25) is 14.9 Å². The summed E-state index contributed by atoms with van der Waals surface area (Å²) in [5, 5.41) is 5.17. The third kappa shape index (κ3) is 5.01. The number of amides is 4. The quantitative estimate of drug-likeness (QED) is 0.581. The zero-order chi connectivity index (χ0) is 22.5. The second kappa shape index (κ2) is 9.45. The number of anilines is 1. The van der Waals surface area contributed by atoms with E-state index in [9.17, 15) is 14.4 Å². The van der Waals surface area contributed by atoms with Crippen LogP contribution in [0.2, 0.25) is 0 Å². The number of nitrogens with two attached hydrogens (primary N) is 1. The fraction of sp³-hybridized carbons (Fsp3) is 0.160. The number of benzene rings is 3. The minimum absolute atomic E-state index is 0.208. The molecule has 3 aromatic rings. The molecular weight excluding hydrogens is 404 g/mol. The number of carbonyl (C=O) groups excluding carboxylic acids is 3. The van der Waals surface area contributed by atoms with E-state index in [2.05, 4.69) is 10.6 Å². The summed E-state index contributed by atoms with van der Waals surface area (Å²) in [5.74, 6) is -1.07. The third-order valence-corrected chi connectivity index (χ3v) is 5.40. The lowest BCUT2D eigenvalue weighted by Crippen LogP contribution is -2.44. The zero-order valence-electron chi connectivity index (χ0n) is 17.5. The Hall–Kier alpha value is -3.97. The minimum Gasteiger partial charge on any atom is -0.320 e. The fourth-order valence-electron chi connectivity index (χ4n) is 3.62.